The fourth-order valence-corrected chi connectivity index (χ4v) is 2.68. The summed E-state index contributed by atoms with van der Waals surface area (Å²) in [6.45, 7) is 1.94. The first-order chi connectivity index (χ1) is 8.97. The SMILES string of the molecule is Cc1ccc(C(O)Cc2cc(F)ccc2F)c(Br)c1. The quantitative estimate of drug-likeness (QED) is 0.891. The molecule has 0 fully saturated rings. The molecule has 1 nitrogen and oxygen atoms in total. The maximum Gasteiger partial charge on any atom is 0.126 e. The van der Waals surface area contributed by atoms with Gasteiger partial charge >= 0.3 is 0 Å². The van der Waals surface area contributed by atoms with Gasteiger partial charge in [0.25, 0.3) is 0 Å². The Hall–Kier alpha value is -1.26. The summed E-state index contributed by atoms with van der Waals surface area (Å²) in [6.07, 6.45) is -0.850. The molecule has 0 amide bonds. The molecule has 4 heteroatoms. The maximum atomic E-state index is 13.5. The van der Waals surface area contributed by atoms with E-state index in [4.69, 9.17) is 0 Å². The van der Waals surface area contributed by atoms with Crippen molar-refractivity contribution < 1.29 is 13.9 Å². The lowest BCUT2D eigenvalue weighted by Gasteiger charge is -2.14. The Labute approximate surface area is 119 Å². The van der Waals surface area contributed by atoms with Gasteiger partial charge in [-0.2, -0.15) is 0 Å². The van der Waals surface area contributed by atoms with Gasteiger partial charge in [-0.05, 0) is 47.9 Å². The number of aliphatic hydroxyl groups is 1. The molecule has 0 spiro atoms. The molecule has 2 rings (SSSR count). The molecule has 1 unspecified atom stereocenters. The summed E-state index contributed by atoms with van der Waals surface area (Å²) in [5.41, 5.74) is 1.88. The predicted octanol–water partition coefficient (Wildman–Crippen LogP) is 4.31. The van der Waals surface area contributed by atoms with Crippen molar-refractivity contribution in [3.8, 4) is 0 Å². The lowest BCUT2D eigenvalue weighted by atomic mass is 10.00. The van der Waals surface area contributed by atoms with E-state index in [0.717, 1.165) is 28.2 Å². The molecule has 0 aromatic heterocycles. The summed E-state index contributed by atoms with van der Waals surface area (Å²) in [6, 6.07) is 8.77. The van der Waals surface area contributed by atoms with Crippen molar-refractivity contribution in [2.24, 2.45) is 0 Å². The van der Waals surface area contributed by atoms with E-state index in [1.807, 2.05) is 19.1 Å². The smallest absolute Gasteiger partial charge is 0.126 e. The zero-order chi connectivity index (χ0) is 14.0. The summed E-state index contributed by atoms with van der Waals surface area (Å²) in [5, 5.41) is 10.1. The lowest BCUT2D eigenvalue weighted by Crippen LogP contribution is -2.05. The molecule has 0 bridgehead atoms. The van der Waals surface area contributed by atoms with Crippen LogP contribution in [0, 0.1) is 18.6 Å². The molecular formula is C15H13BrF2O. The van der Waals surface area contributed by atoms with Crippen molar-refractivity contribution in [3.63, 3.8) is 0 Å². The average molecular weight is 327 g/mol. The van der Waals surface area contributed by atoms with Crippen molar-refractivity contribution in [1.29, 1.82) is 0 Å². The van der Waals surface area contributed by atoms with Gasteiger partial charge in [0.05, 0.1) is 6.10 Å². The maximum absolute atomic E-state index is 13.5. The second-order valence-electron chi connectivity index (χ2n) is 4.48. The van der Waals surface area contributed by atoms with E-state index in [0.29, 0.717) is 5.56 Å². The second-order valence-corrected chi connectivity index (χ2v) is 5.33. The number of benzene rings is 2. The van der Waals surface area contributed by atoms with Crippen molar-refractivity contribution in [2.45, 2.75) is 19.4 Å². The highest BCUT2D eigenvalue weighted by molar-refractivity contribution is 9.10. The topological polar surface area (TPSA) is 20.2 Å². The van der Waals surface area contributed by atoms with Crippen LogP contribution in [0.15, 0.2) is 40.9 Å². The van der Waals surface area contributed by atoms with Crippen LogP contribution < -0.4 is 0 Å². The number of hydrogen-bond donors (Lipinski definition) is 1. The van der Waals surface area contributed by atoms with Crippen LogP contribution in [-0.4, -0.2) is 5.11 Å². The van der Waals surface area contributed by atoms with E-state index in [1.165, 1.54) is 0 Å². The van der Waals surface area contributed by atoms with Crippen molar-refractivity contribution >= 4 is 15.9 Å². The molecule has 0 aliphatic rings. The highest BCUT2D eigenvalue weighted by Crippen LogP contribution is 2.27. The highest BCUT2D eigenvalue weighted by Gasteiger charge is 2.15. The molecule has 1 atom stereocenters. The molecule has 0 saturated heterocycles. The van der Waals surface area contributed by atoms with Gasteiger partial charge < -0.3 is 5.11 Å². The minimum atomic E-state index is -0.883. The molecule has 0 aliphatic carbocycles. The van der Waals surface area contributed by atoms with Gasteiger partial charge in [-0.25, -0.2) is 8.78 Å². The molecule has 0 saturated carbocycles. The van der Waals surface area contributed by atoms with Gasteiger partial charge in [0, 0.05) is 10.9 Å². The molecule has 0 heterocycles. The summed E-state index contributed by atoms with van der Waals surface area (Å²) in [4.78, 5) is 0. The first-order valence-electron chi connectivity index (χ1n) is 5.85. The minimum Gasteiger partial charge on any atom is -0.388 e. The lowest BCUT2D eigenvalue weighted by molar-refractivity contribution is 0.176. The minimum absolute atomic E-state index is 0.0330. The second kappa shape index (κ2) is 5.80. The van der Waals surface area contributed by atoms with Crippen LogP contribution in [0.25, 0.3) is 0 Å². The van der Waals surface area contributed by atoms with Gasteiger partial charge in [0.2, 0.25) is 0 Å². The van der Waals surface area contributed by atoms with Crippen LogP contribution >= 0.6 is 15.9 Å². The van der Waals surface area contributed by atoms with Gasteiger partial charge in [0.1, 0.15) is 11.6 Å². The molecule has 1 N–H and O–H groups in total. The van der Waals surface area contributed by atoms with Crippen molar-refractivity contribution in [2.75, 3.05) is 0 Å². The fraction of sp³-hybridized carbons (Fsp3) is 0.200. The average Bonchev–Trinajstić information content (AvgIpc) is 2.33. The largest absolute Gasteiger partial charge is 0.388 e. The molecule has 19 heavy (non-hydrogen) atoms. The number of rotatable bonds is 3. The monoisotopic (exact) mass is 326 g/mol. The van der Waals surface area contributed by atoms with Crippen LogP contribution in [0.3, 0.4) is 0 Å². The van der Waals surface area contributed by atoms with E-state index < -0.39 is 17.7 Å². The van der Waals surface area contributed by atoms with E-state index in [-0.39, 0.29) is 12.0 Å². The van der Waals surface area contributed by atoms with Crippen LogP contribution in [0.1, 0.15) is 22.8 Å². The van der Waals surface area contributed by atoms with E-state index in [9.17, 15) is 13.9 Å². The van der Waals surface area contributed by atoms with E-state index in [2.05, 4.69) is 15.9 Å². The third-order valence-corrected chi connectivity index (χ3v) is 3.62. The molecule has 0 aliphatic heterocycles. The highest BCUT2D eigenvalue weighted by atomic mass is 79.9. The summed E-state index contributed by atoms with van der Waals surface area (Å²) in [7, 11) is 0. The molecule has 2 aromatic rings. The Morgan fingerprint density at radius 3 is 2.58 bits per heavy atom. The Bertz CT molecular complexity index is 599. The number of aliphatic hydroxyl groups excluding tert-OH is 1. The van der Waals surface area contributed by atoms with Crippen LogP contribution in [0.2, 0.25) is 0 Å². The number of hydrogen-bond acceptors (Lipinski definition) is 1. The fourth-order valence-electron chi connectivity index (χ4n) is 1.92. The van der Waals surface area contributed by atoms with Crippen molar-refractivity contribution in [1.82, 2.24) is 0 Å². The first kappa shape index (κ1) is 14.2. The Morgan fingerprint density at radius 2 is 1.89 bits per heavy atom. The molecule has 0 radical (unpaired) electrons. The van der Waals surface area contributed by atoms with Gasteiger partial charge in [-0.15, -0.1) is 0 Å². The molecule has 100 valence electrons. The Balaban J connectivity index is 2.25. The van der Waals surface area contributed by atoms with Gasteiger partial charge in [-0.1, -0.05) is 28.1 Å². The normalized spacial score (nSPS) is 12.5. The first-order valence-corrected chi connectivity index (χ1v) is 6.64. The van der Waals surface area contributed by atoms with Gasteiger partial charge in [-0.3, -0.25) is 0 Å². The number of aryl methyl sites for hydroxylation is 1. The Kier molecular flexibility index (Phi) is 4.32. The third-order valence-electron chi connectivity index (χ3n) is 2.94. The summed E-state index contributed by atoms with van der Waals surface area (Å²) < 4.78 is 27.4. The zero-order valence-electron chi connectivity index (χ0n) is 10.3. The Morgan fingerprint density at radius 1 is 1.16 bits per heavy atom. The third kappa shape index (κ3) is 3.39. The van der Waals surface area contributed by atoms with E-state index >= 15 is 0 Å². The zero-order valence-corrected chi connectivity index (χ0v) is 11.9. The predicted molar refractivity (Wildman–Crippen MR) is 73.9 cm³/mol. The molecule has 2 aromatic carbocycles. The van der Waals surface area contributed by atoms with Crippen LogP contribution in [0.5, 0.6) is 0 Å². The van der Waals surface area contributed by atoms with Crippen LogP contribution in [0.4, 0.5) is 8.78 Å². The molecular weight excluding hydrogens is 314 g/mol. The van der Waals surface area contributed by atoms with Crippen LogP contribution in [-0.2, 0) is 6.42 Å². The summed E-state index contributed by atoms with van der Waals surface area (Å²) in [5.74, 6) is -1.02. The van der Waals surface area contributed by atoms with E-state index in [1.54, 1.807) is 6.07 Å². The summed E-state index contributed by atoms with van der Waals surface area (Å²) >= 11 is 3.37. The van der Waals surface area contributed by atoms with Crippen molar-refractivity contribution in [3.05, 3.63) is 69.2 Å². The number of halogens is 3. The van der Waals surface area contributed by atoms with Gasteiger partial charge in [0.15, 0.2) is 0 Å². The standard InChI is InChI=1S/C15H13BrF2O/c1-9-2-4-12(13(16)6-9)15(19)8-10-7-11(17)3-5-14(10)18/h2-7,15,19H,8H2,1H3.